The number of nitrogens with one attached hydrogen (secondary N) is 1. The summed E-state index contributed by atoms with van der Waals surface area (Å²) in [5.41, 5.74) is 1.70. The van der Waals surface area contributed by atoms with E-state index in [1.54, 1.807) is 17.0 Å². The van der Waals surface area contributed by atoms with E-state index >= 15 is 0 Å². The number of amides is 2. The van der Waals surface area contributed by atoms with Crippen molar-refractivity contribution < 1.29 is 14.3 Å². The quantitative estimate of drug-likeness (QED) is 0.847. The second-order valence-corrected chi connectivity index (χ2v) is 6.64. The average molecular weight is 373 g/mol. The molecule has 0 radical (unpaired) electrons. The molecule has 1 fully saturated rings. The second kappa shape index (κ2) is 8.23. The van der Waals surface area contributed by atoms with Crippen molar-refractivity contribution in [2.45, 2.75) is 25.8 Å². The number of benzene rings is 2. The van der Waals surface area contributed by atoms with Crippen LogP contribution < -0.4 is 15.0 Å². The number of rotatable bonds is 6. The molecular weight excluding hydrogens is 352 g/mol. The molecule has 0 aliphatic carbocycles. The van der Waals surface area contributed by atoms with Gasteiger partial charge < -0.3 is 15.0 Å². The van der Waals surface area contributed by atoms with Crippen molar-refractivity contribution in [3.8, 4) is 5.75 Å². The Kier molecular flexibility index (Phi) is 5.78. The minimum Gasteiger partial charge on any atom is -0.494 e. The van der Waals surface area contributed by atoms with Gasteiger partial charge in [-0.3, -0.25) is 9.59 Å². The topological polar surface area (TPSA) is 58.6 Å². The minimum absolute atomic E-state index is 0.00121. The molecule has 1 aliphatic heterocycles. The molecule has 0 saturated carbocycles. The number of hydrogen-bond acceptors (Lipinski definition) is 3. The lowest BCUT2D eigenvalue weighted by Gasteiger charge is -2.17. The highest BCUT2D eigenvalue weighted by Crippen LogP contribution is 2.23. The first-order valence-electron chi connectivity index (χ1n) is 8.62. The fourth-order valence-corrected chi connectivity index (χ4v) is 3.14. The zero-order valence-electron chi connectivity index (χ0n) is 14.6. The highest BCUT2D eigenvalue weighted by atomic mass is 35.5. The average Bonchev–Trinajstić information content (AvgIpc) is 2.97. The maximum atomic E-state index is 12.3. The molecule has 2 aromatic rings. The molecule has 1 atom stereocenters. The SMILES string of the molecule is CCOc1ccc(CC(=O)N[C@@H]2CC(=O)N(c3ccc(Cl)cc3)C2)cc1. The Balaban J connectivity index is 1.55. The number of ether oxygens (including phenoxy) is 1. The van der Waals surface area contributed by atoms with Gasteiger partial charge in [-0.25, -0.2) is 0 Å². The van der Waals surface area contributed by atoms with E-state index in [0.29, 0.717) is 24.6 Å². The number of anilines is 1. The lowest BCUT2D eigenvalue weighted by molar-refractivity contribution is -0.121. The van der Waals surface area contributed by atoms with E-state index in [-0.39, 0.29) is 24.3 Å². The maximum absolute atomic E-state index is 12.3. The van der Waals surface area contributed by atoms with Gasteiger partial charge in [-0.2, -0.15) is 0 Å². The number of hydrogen-bond donors (Lipinski definition) is 1. The van der Waals surface area contributed by atoms with Crippen molar-refractivity contribution in [1.29, 1.82) is 0 Å². The maximum Gasteiger partial charge on any atom is 0.229 e. The van der Waals surface area contributed by atoms with E-state index in [4.69, 9.17) is 16.3 Å². The Morgan fingerprint density at radius 1 is 1.19 bits per heavy atom. The lowest BCUT2D eigenvalue weighted by Crippen LogP contribution is -2.38. The third-order valence-electron chi connectivity index (χ3n) is 4.23. The molecule has 26 heavy (non-hydrogen) atoms. The van der Waals surface area contributed by atoms with E-state index in [2.05, 4.69) is 5.32 Å². The van der Waals surface area contributed by atoms with Crippen LogP contribution in [0.2, 0.25) is 5.02 Å². The summed E-state index contributed by atoms with van der Waals surface area (Å²) in [5, 5.41) is 3.58. The van der Waals surface area contributed by atoms with E-state index in [9.17, 15) is 9.59 Å². The Bertz CT molecular complexity index is 775. The van der Waals surface area contributed by atoms with Gasteiger partial charge in [0.1, 0.15) is 5.75 Å². The van der Waals surface area contributed by atoms with Crippen LogP contribution in [0.25, 0.3) is 0 Å². The molecule has 6 heteroatoms. The Morgan fingerprint density at radius 2 is 1.88 bits per heavy atom. The number of halogens is 1. The van der Waals surface area contributed by atoms with Crippen LogP contribution in [0.1, 0.15) is 18.9 Å². The fourth-order valence-electron chi connectivity index (χ4n) is 3.01. The molecular formula is C20H21ClN2O3. The molecule has 0 aromatic heterocycles. The summed E-state index contributed by atoms with van der Waals surface area (Å²) in [7, 11) is 0. The van der Waals surface area contributed by atoms with Gasteiger partial charge >= 0.3 is 0 Å². The van der Waals surface area contributed by atoms with Gasteiger partial charge in [0.25, 0.3) is 0 Å². The van der Waals surface area contributed by atoms with E-state index in [1.165, 1.54) is 0 Å². The normalized spacial score (nSPS) is 16.6. The van der Waals surface area contributed by atoms with Crippen LogP contribution in [0.5, 0.6) is 5.75 Å². The van der Waals surface area contributed by atoms with Crippen LogP contribution in [0.3, 0.4) is 0 Å². The molecule has 1 heterocycles. The van der Waals surface area contributed by atoms with Gasteiger partial charge in [-0.15, -0.1) is 0 Å². The van der Waals surface area contributed by atoms with E-state index in [0.717, 1.165) is 17.0 Å². The highest BCUT2D eigenvalue weighted by Gasteiger charge is 2.31. The van der Waals surface area contributed by atoms with Gasteiger partial charge in [0.2, 0.25) is 11.8 Å². The third kappa shape index (κ3) is 4.55. The molecule has 136 valence electrons. The van der Waals surface area contributed by atoms with Crippen LogP contribution in [0.4, 0.5) is 5.69 Å². The van der Waals surface area contributed by atoms with Crippen molar-refractivity contribution in [3.63, 3.8) is 0 Å². The predicted octanol–water partition coefficient (Wildman–Crippen LogP) is 3.20. The Labute approximate surface area is 157 Å². The monoisotopic (exact) mass is 372 g/mol. The Hall–Kier alpha value is -2.53. The largest absolute Gasteiger partial charge is 0.494 e. The van der Waals surface area contributed by atoms with Crippen LogP contribution in [-0.4, -0.2) is 31.0 Å². The van der Waals surface area contributed by atoms with Gasteiger partial charge in [-0.05, 0) is 48.9 Å². The minimum atomic E-state index is -0.187. The van der Waals surface area contributed by atoms with Gasteiger partial charge in [-0.1, -0.05) is 23.7 Å². The summed E-state index contributed by atoms with van der Waals surface area (Å²) >= 11 is 5.89. The summed E-state index contributed by atoms with van der Waals surface area (Å²) in [6, 6.07) is 14.4. The molecule has 2 aromatic carbocycles. The van der Waals surface area contributed by atoms with E-state index < -0.39 is 0 Å². The predicted molar refractivity (Wildman–Crippen MR) is 102 cm³/mol. The molecule has 1 N–H and O–H groups in total. The number of nitrogens with zero attached hydrogens (tertiary/aromatic N) is 1. The van der Waals surface area contributed by atoms with Crippen LogP contribution >= 0.6 is 11.6 Å². The molecule has 2 amide bonds. The van der Waals surface area contributed by atoms with Gasteiger partial charge in [0.15, 0.2) is 0 Å². The summed E-state index contributed by atoms with van der Waals surface area (Å²) in [6.07, 6.45) is 0.579. The first kappa shape index (κ1) is 18.3. The lowest BCUT2D eigenvalue weighted by atomic mass is 10.1. The molecule has 1 aliphatic rings. The molecule has 5 nitrogen and oxygen atoms in total. The summed E-state index contributed by atoms with van der Waals surface area (Å²) in [5.74, 6) is 0.695. The molecule has 0 unspecified atom stereocenters. The zero-order valence-corrected chi connectivity index (χ0v) is 15.3. The third-order valence-corrected chi connectivity index (χ3v) is 4.48. The molecule has 0 bridgehead atoms. The van der Waals surface area contributed by atoms with Crippen molar-refractivity contribution in [2.75, 3.05) is 18.1 Å². The molecule has 0 spiro atoms. The smallest absolute Gasteiger partial charge is 0.229 e. The Morgan fingerprint density at radius 3 is 2.54 bits per heavy atom. The van der Waals surface area contributed by atoms with Gasteiger partial charge in [0, 0.05) is 23.7 Å². The summed E-state index contributed by atoms with van der Waals surface area (Å²) in [6.45, 7) is 3.01. The molecule has 1 saturated heterocycles. The van der Waals surface area contributed by atoms with Crippen LogP contribution in [0, 0.1) is 0 Å². The first-order chi connectivity index (χ1) is 12.5. The van der Waals surface area contributed by atoms with Crippen molar-refractivity contribution in [2.24, 2.45) is 0 Å². The number of carbonyl (C=O) groups excluding carboxylic acids is 2. The first-order valence-corrected chi connectivity index (χ1v) is 9.00. The summed E-state index contributed by atoms with van der Waals surface area (Å²) < 4.78 is 5.39. The molecule has 3 rings (SSSR count). The fraction of sp³-hybridized carbons (Fsp3) is 0.300. The van der Waals surface area contributed by atoms with Gasteiger partial charge in [0.05, 0.1) is 19.1 Å². The van der Waals surface area contributed by atoms with Crippen molar-refractivity contribution in [1.82, 2.24) is 5.32 Å². The highest BCUT2D eigenvalue weighted by molar-refractivity contribution is 6.30. The standard InChI is InChI=1S/C20H21ClN2O3/c1-2-26-18-9-3-14(4-10-18)11-19(24)22-16-12-20(25)23(13-16)17-7-5-15(21)6-8-17/h3-10,16H,2,11-13H2,1H3,(H,22,24)/t16-/m1/s1. The van der Waals surface area contributed by atoms with Crippen molar-refractivity contribution >= 4 is 29.1 Å². The zero-order chi connectivity index (χ0) is 18.5. The van der Waals surface area contributed by atoms with Crippen LogP contribution in [-0.2, 0) is 16.0 Å². The number of carbonyl (C=O) groups is 2. The van der Waals surface area contributed by atoms with E-state index in [1.807, 2.05) is 43.3 Å². The van der Waals surface area contributed by atoms with Crippen LogP contribution in [0.15, 0.2) is 48.5 Å². The second-order valence-electron chi connectivity index (χ2n) is 6.20. The summed E-state index contributed by atoms with van der Waals surface area (Å²) in [4.78, 5) is 26.2. The van der Waals surface area contributed by atoms with Crippen molar-refractivity contribution in [3.05, 3.63) is 59.1 Å².